The molecular formula is C26H29BrN4O5. The lowest BCUT2D eigenvalue weighted by molar-refractivity contribution is -0.391. The number of phenolic OH excluding ortho intramolecular Hbond substituents is 1. The third kappa shape index (κ3) is 5.11. The molecule has 2 N–H and O–H groups in total. The van der Waals surface area contributed by atoms with Crippen LogP contribution in [0.3, 0.4) is 0 Å². The number of anilines is 1. The van der Waals surface area contributed by atoms with E-state index in [9.17, 15) is 9.90 Å². The summed E-state index contributed by atoms with van der Waals surface area (Å²) in [6.45, 7) is 8.20. The summed E-state index contributed by atoms with van der Waals surface area (Å²) in [5.74, 6) is 0.936. The fraction of sp³-hybridized carbons (Fsp3) is 0.423. The van der Waals surface area contributed by atoms with Crippen LogP contribution in [0.15, 0.2) is 46.9 Å². The number of phenols is 1. The zero-order valence-corrected chi connectivity index (χ0v) is 22.2. The van der Waals surface area contributed by atoms with Crippen molar-refractivity contribution in [3.63, 3.8) is 0 Å². The zero-order valence-electron chi connectivity index (χ0n) is 20.6. The number of benzene rings is 2. The molecule has 0 aliphatic carbocycles. The number of nitrogens with one attached hydrogen (secondary N) is 1. The van der Waals surface area contributed by atoms with Crippen molar-refractivity contribution in [3.05, 3.63) is 46.9 Å². The third-order valence-electron chi connectivity index (χ3n) is 6.14. The number of aromatic nitrogens is 2. The minimum atomic E-state index is -0.597. The largest absolute Gasteiger partial charge is 0.507 e. The molecule has 2 aliphatic heterocycles. The van der Waals surface area contributed by atoms with Gasteiger partial charge in [-0.25, -0.2) is 14.8 Å². The predicted octanol–water partition coefficient (Wildman–Crippen LogP) is 5.13. The summed E-state index contributed by atoms with van der Waals surface area (Å²) < 4.78 is 18.1. The van der Waals surface area contributed by atoms with E-state index in [2.05, 4.69) is 21.2 Å². The Labute approximate surface area is 217 Å². The molecule has 3 heterocycles. The van der Waals surface area contributed by atoms with Crippen LogP contribution in [-0.2, 0) is 14.2 Å². The normalized spacial score (nSPS) is 24.0. The number of carbonyl (C=O) groups is 1. The van der Waals surface area contributed by atoms with Crippen molar-refractivity contribution >= 4 is 38.7 Å². The van der Waals surface area contributed by atoms with Crippen molar-refractivity contribution < 1.29 is 24.1 Å². The van der Waals surface area contributed by atoms with Gasteiger partial charge in [0.15, 0.2) is 18.4 Å². The maximum atomic E-state index is 12.9. The molecule has 0 bridgehead atoms. The number of likely N-dealkylation sites (tertiary alicyclic amines) is 1. The van der Waals surface area contributed by atoms with Crippen LogP contribution >= 0.6 is 15.9 Å². The van der Waals surface area contributed by atoms with E-state index in [1.165, 1.54) is 0 Å². The van der Waals surface area contributed by atoms with Gasteiger partial charge in [-0.2, -0.15) is 0 Å². The van der Waals surface area contributed by atoms with Gasteiger partial charge in [0.2, 0.25) is 0 Å². The number of carbonyl (C=O) groups excluding carboxylic acids is 1. The lowest BCUT2D eigenvalue weighted by Gasteiger charge is -2.39. The van der Waals surface area contributed by atoms with E-state index in [-0.39, 0.29) is 30.1 Å². The quantitative estimate of drug-likeness (QED) is 0.455. The Hall–Kier alpha value is -2.95. The summed E-state index contributed by atoms with van der Waals surface area (Å²) in [4.78, 5) is 24.0. The van der Waals surface area contributed by atoms with Gasteiger partial charge in [-0.05, 0) is 58.0 Å². The first kappa shape index (κ1) is 24.7. The van der Waals surface area contributed by atoms with Gasteiger partial charge in [0.25, 0.3) is 0 Å². The Bertz CT molecular complexity index is 1290. The molecule has 9 nitrogen and oxygen atoms in total. The average molecular weight is 557 g/mol. The standard InChI is InChI=1S/C26H29BrN4O5/c1-14-34-24(35-14)18-12-31(25(33)36-26(2,3)4)13-20(18)29-22-16-7-5-6-8-19(16)28-23(30-22)17-11-15(27)9-10-21(17)32/h5-11,14,18,20,24,32H,12-13H2,1-4H3,(H,28,29,30)/t14?,18-,20-,24?/m1/s1. The van der Waals surface area contributed by atoms with Gasteiger partial charge >= 0.3 is 6.09 Å². The molecule has 190 valence electrons. The first-order valence-electron chi connectivity index (χ1n) is 11.9. The Morgan fingerprint density at radius 1 is 1.17 bits per heavy atom. The number of hydrogen-bond donors (Lipinski definition) is 2. The molecule has 2 atom stereocenters. The minimum Gasteiger partial charge on any atom is -0.507 e. The average Bonchev–Trinajstić information content (AvgIpc) is 3.21. The highest BCUT2D eigenvalue weighted by molar-refractivity contribution is 9.10. The van der Waals surface area contributed by atoms with Crippen LogP contribution in [0.2, 0.25) is 0 Å². The highest BCUT2D eigenvalue weighted by Gasteiger charge is 2.46. The molecule has 10 heteroatoms. The molecule has 36 heavy (non-hydrogen) atoms. The maximum Gasteiger partial charge on any atom is 0.410 e. The lowest BCUT2D eigenvalue weighted by atomic mass is 10.0. The van der Waals surface area contributed by atoms with Crippen molar-refractivity contribution in [3.8, 4) is 17.1 Å². The van der Waals surface area contributed by atoms with Crippen LogP contribution in [0.1, 0.15) is 27.7 Å². The molecule has 0 unspecified atom stereocenters. The molecule has 2 aliphatic rings. The summed E-state index contributed by atoms with van der Waals surface area (Å²) in [6.07, 6.45) is -1.10. The second-order valence-corrected chi connectivity index (χ2v) is 11.0. The SMILES string of the molecule is CC1OC([C@@H]2CN(C(=O)OC(C)(C)C)C[C@H]2Nc2nc(-c3cc(Br)ccc3O)nc3ccccc23)O1. The van der Waals surface area contributed by atoms with E-state index < -0.39 is 11.9 Å². The number of amides is 1. The van der Waals surface area contributed by atoms with Gasteiger partial charge in [-0.15, -0.1) is 0 Å². The summed E-state index contributed by atoms with van der Waals surface area (Å²) in [5, 5.41) is 14.9. The Morgan fingerprint density at radius 3 is 2.64 bits per heavy atom. The van der Waals surface area contributed by atoms with Crippen molar-refractivity contribution in [1.82, 2.24) is 14.9 Å². The summed E-state index contributed by atoms with van der Waals surface area (Å²) in [5.41, 5.74) is 0.642. The summed E-state index contributed by atoms with van der Waals surface area (Å²) in [7, 11) is 0. The highest BCUT2D eigenvalue weighted by atomic mass is 79.9. The monoisotopic (exact) mass is 556 g/mol. The topological polar surface area (TPSA) is 106 Å². The van der Waals surface area contributed by atoms with E-state index in [1.54, 1.807) is 23.1 Å². The number of halogens is 1. The van der Waals surface area contributed by atoms with Gasteiger partial charge in [-0.1, -0.05) is 28.1 Å². The van der Waals surface area contributed by atoms with Crippen molar-refractivity contribution in [2.24, 2.45) is 5.92 Å². The van der Waals surface area contributed by atoms with Crippen LogP contribution in [-0.4, -0.2) is 63.4 Å². The van der Waals surface area contributed by atoms with Crippen molar-refractivity contribution in [2.75, 3.05) is 18.4 Å². The fourth-order valence-electron chi connectivity index (χ4n) is 4.49. The number of para-hydroxylation sites is 1. The fourth-order valence-corrected chi connectivity index (χ4v) is 4.85. The molecule has 2 saturated heterocycles. The lowest BCUT2D eigenvalue weighted by Crippen LogP contribution is -2.49. The molecule has 0 radical (unpaired) electrons. The maximum absolute atomic E-state index is 12.9. The molecule has 0 spiro atoms. The molecule has 2 fully saturated rings. The molecule has 0 saturated carbocycles. The van der Waals surface area contributed by atoms with Gasteiger partial charge in [-0.3, -0.25) is 0 Å². The van der Waals surface area contributed by atoms with E-state index in [1.807, 2.05) is 52.0 Å². The number of hydrogen-bond acceptors (Lipinski definition) is 8. The van der Waals surface area contributed by atoms with Gasteiger partial charge in [0, 0.05) is 28.9 Å². The third-order valence-corrected chi connectivity index (χ3v) is 6.64. The minimum absolute atomic E-state index is 0.0829. The van der Waals surface area contributed by atoms with E-state index >= 15 is 0 Å². The molecule has 5 rings (SSSR count). The first-order chi connectivity index (χ1) is 17.1. The Balaban J connectivity index is 1.49. The van der Waals surface area contributed by atoms with E-state index in [4.69, 9.17) is 24.2 Å². The number of ether oxygens (including phenoxy) is 3. The second kappa shape index (κ2) is 9.49. The van der Waals surface area contributed by atoms with E-state index in [0.717, 1.165) is 15.4 Å². The molecule has 2 aromatic carbocycles. The van der Waals surface area contributed by atoms with Crippen LogP contribution in [0.4, 0.5) is 10.6 Å². The van der Waals surface area contributed by atoms with Gasteiger partial charge in [0.05, 0.1) is 17.1 Å². The molecular weight excluding hydrogens is 528 g/mol. The second-order valence-electron chi connectivity index (χ2n) is 10.1. The number of aromatic hydroxyl groups is 1. The van der Waals surface area contributed by atoms with Gasteiger partial charge < -0.3 is 29.5 Å². The molecule has 3 aromatic rings. The number of nitrogens with zero attached hydrogens (tertiary/aromatic N) is 3. The van der Waals surface area contributed by atoms with Crippen LogP contribution in [0.25, 0.3) is 22.3 Å². The predicted molar refractivity (Wildman–Crippen MR) is 138 cm³/mol. The zero-order chi connectivity index (χ0) is 25.6. The number of fused-ring (bicyclic) bond motifs is 1. The van der Waals surface area contributed by atoms with Crippen molar-refractivity contribution in [1.29, 1.82) is 0 Å². The summed E-state index contributed by atoms with van der Waals surface area (Å²) in [6, 6.07) is 12.6. The Morgan fingerprint density at radius 2 is 1.92 bits per heavy atom. The smallest absolute Gasteiger partial charge is 0.410 e. The van der Waals surface area contributed by atoms with Crippen LogP contribution in [0.5, 0.6) is 5.75 Å². The first-order valence-corrected chi connectivity index (χ1v) is 12.7. The van der Waals surface area contributed by atoms with Crippen LogP contribution < -0.4 is 5.32 Å². The highest BCUT2D eigenvalue weighted by Crippen LogP contribution is 2.36. The Kier molecular flexibility index (Phi) is 6.52. The van der Waals surface area contributed by atoms with Gasteiger partial charge in [0.1, 0.15) is 17.2 Å². The van der Waals surface area contributed by atoms with Crippen molar-refractivity contribution in [2.45, 2.75) is 51.9 Å². The summed E-state index contributed by atoms with van der Waals surface area (Å²) >= 11 is 3.46. The molecule has 1 aromatic heterocycles. The van der Waals surface area contributed by atoms with Crippen LogP contribution in [0, 0.1) is 5.92 Å². The molecule has 1 amide bonds. The van der Waals surface area contributed by atoms with E-state index in [0.29, 0.717) is 30.3 Å². The number of rotatable bonds is 4.